The van der Waals surface area contributed by atoms with Crippen molar-refractivity contribution >= 4 is 23.4 Å². The molecular weight excluding hydrogens is 384 g/mol. The van der Waals surface area contributed by atoms with E-state index in [1.54, 1.807) is 0 Å². The molecule has 1 heterocycles. The Hall–Kier alpha value is -2.20. The van der Waals surface area contributed by atoms with Crippen molar-refractivity contribution in [2.45, 2.75) is 58.7 Å². The highest BCUT2D eigenvalue weighted by atomic mass is 35.5. The molecule has 0 aliphatic carbocycles. The van der Waals surface area contributed by atoms with Crippen LogP contribution in [0.3, 0.4) is 0 Å². The predicted octanol–water partition coefficient (Wildman–Crippen LogP) is 6.05. The van der Waals surface area contributed by atoms with Crippen LogP contribution in [-0.2, 0) is 11.3 Å². The molecule has 1 aliphatic heterocycles. The summed E-state index contributed by atoms with van der Waals surface area (Å²) in [6.45, 7) is 10.0. The first-order chi connectivity index (χ1) is 13.7. The van der Waals surface area contributed by atoms with Crippen molar-refractivity contribution in [3.8, 4) is 0 Å². The van der Waals surface area contributed by atoms with Gasteiger partial charge in [-0.05, 0) is 70.4 Å². The zero-order chi connectivity index (χ0) is 21.0. The summed E-state index contributed by atoms with van der Waals surface area (Å²) in [6, 6.07) is 17.1. The van der Waals surface area contributed by atoms with Crippen molar-refractivity contribution in [2.75, 3.05) is 18.0 Å². The van der Waals surface area contributed by atoms with Gasteiger partial charge in [0.25, 0.3) is 0 Å². The van der Waals surface area contributed by atoms with Crippen LogP contribution in [0.4, 0.5) is 10.5 Å². The summed E-state index contributed by atoms with van der Waals surface area (Å²) in [5, 5.41) is 0.756. The molecular formula is C24H31ClN2O2. The van der Waals surface area contributed by atoms with Crippen LogP contribution in [0, 0.1) is 6.92 Å². The number of piperidine rings is 1. The molecule has 156 valence electrons. The van der Waals surface area contributed by atoms with E-state index in [4.69, 9.17) is 16.3 Å². The van der Waals surface area contributed by atoms with Gasteiger partial charge < -0.3 is 14.5 Å². The van der Waals surface area contributed by atoms with E-state index >= 15 is 0 Å². The van der Waals surface area contributed by atoms with E-state index in [9.17, 15) is 4.79 Å². The second-order valence-electron chi connectivity index (χ2n) is 8.79. The normalized spacial score (nSPS) is 15.3. The van der Waals surface area contributed by atoms with E-state index in [1.165, 1.54) is 16.8 Å². The number of amides is 1. The Morgan fingerprint density at radius 1 is 1.14 bits per heavy atom. The number of rotatable bonds is 4. The average molecular weight is 415 g/mol. The first-order valence-electron chi connectivity index (χ1n) is 10.3. The van der Waals surface area contributed by atoms with E-state index in [1.807, 2.05) is 43.9 Å². The Morgan fingerprint density at radius 2 is 1.79 bits per heavy atom. The summed E-state index contributed by atoms with van der Waals surface area (Å²) >= 11 is 6.21. The van der Waals surface area contributed by atoms with E-state index in [2.05, 4.69) is 42.2 Å². The fourth-order valence-electron chi connectivity index (χ4n) is 3.69. The minimum Gasteiger partial charge on any atom is -0.444 e. The van der Waals surface area contributed by atoms with Crippen molar-refractivity contribution in [3.63, 3.8) is 0 Å². The van der Waals surface area contributed by atoms with Crippen LogP contribution in [0.25, 0.3) is 0 Å². The second-order valence-corrected chi connectivity index (χ2v) is 9.23. The molecule has 1 fully saturated rings. The van der Waals surface area contributed by atoms with Crippen LogP contribution < -0.4 is 4.90 Å². The zero-order valence-electron chi connectivity index (χ0n) is 17.8. The predicted molar refractivity (Wildman–Crippen MR) is 120 cm³/mol. The summed E-state index contributed by atoms with van der Waals surface area (Å²) in [5.41, 5.74) is 3.17. The lowest BCUT2D eigenvalue weighted by Gasteiger charge is -2.40. The van der Waals surface area contributed by atoms with E-state index in [0.29, 0.717) is 19.1 Å². The van der Waals surface area contributed by atoms with Crippen LogP contribution in [0.2, 0.25) is 5.02 Å². The standard InChI is InChI=1S/C24H31ClN2O2/c1-18-8-10-21(11-9-18)27(17-19-6-5-7-20(25)16-19)22-12-14-26(15-13-22)23(28)29-24(2,3)4/h5-11,16,22H,12-15,17H2,1-4H3. The third-order valence-electron chi connectivity index (χ3n) is 5.16. The minimum atomic E-state index is -0.464. The molecule has 0 saturated carbocycles. The molecule has 2 aromatic rings. The van der Waals surface area contributed by atoms with Crippen LogP contribution in [0.5, 0.6) is 0 Å². The maximum absolute atomic E-state index is 12.4. The number of benzene rings is 2. The maximum Gasteiger partial charge on any atom is 0.410 e. The summed E-state index contributed by atoms with van der Waals surface area (Å²) in [6.07, 6.45) is 1.61. The highest BCUT2D eigenvalue weighted by Gasteiger charge is 2.29. The van der Waals surface area contributed by atoms with Gasteiger partial charge in [-0.2, -0.15) is 0 Å². The quantitative estimate of drug-likeness (QED) is 0.610. The Morgan fingerprint density at radius 3 is 2.38 bits per heavy atom. The molecule has 0 unspecified atom stereocenters. The number of halogens is 1. The van der Waals surface area contributed by atoms with Gasteiger partial charge in [-0.25, -0.2) is 4.79 Å². The van der Waals surface area contributed by atoms with Crippen molar-refractivity contribution in [1.29, 1.82) is 0 Å². The average Bonchev–Trinajstić information content (AvgIpc) is 2.66. The summed E-state index contributed by atoms with van der Waals surface area (Å²) in [5.74, 6) is 0. The molecule has 4 nitrogen and oxygen atoms in total. The van der Waals surface area contributed by atoms with Crippen molar-refractivity contribution in [2.24, 2.45) is 0 Å². The Bertz CT molecular complexity index is 822. The topological polar surface area (TPSA) is 32.8 Å². The SMILES string of the molecule is Cc1ccc(N(Cc2cccc(Cl)c2)C2CCN(C(=O)OC(C)(C)C)CC2)cc1. The molecule has 2 aromatic carbocycles. The first-order valence-corrected chi connectivity index (χ1v) is 10.6. The highest BCUT2D eigenvalue weighted by molar-refractivity contribution is 6.30. The molecule has 5 heteroatoms. The van der Waals surface area contributed by atoms with E-state index in [0.717, 1.165) is 24.4 Å². The number of hydrogen-bond acceptors (Lipinski definition) is 3. The molecule has 0 aromatic heterocycles. The van der Waals surface area contributed by atoms with Crippen LogP contribution in [0.15, 0.2) is 48.5 Å². The third-order valence-corrected chi connectivity index (χ3v) is 5.40. The Balaban J connectivity index is 1.73. The first kappa shape index (κ1) is 21.5. The number of nitrogens with zero attached hydrogens (tertiary/aromatic N) is 2. The van der Waals surface area contributed by atoms with Crippen LogP contribution in [0.1, 0.15) is 44.7 Å². The summed E-state index contributed by atoms with van der Waals surface area (Å²) < 4.78 is 5.54. The molecule has 1 saturated heterocycles. The van der Waals surface area contributed by atoms with Crippen molar-refractivity contribution in [3.05, 3.63) is 64.7 Å². The van der Waals surface area contributed by atoms with E-state index < -0.39 is 5.60 Å². The smallest absolute Gasteiger partial charge is 0.410 e. The molecule has 0 atom stereocenters. The lowest BCUT2D eigenvalue weighted by Crippen LogP contribution is -2.48. The molecule has 0 spiro atoms. The highest BCUT2D eigenvalue weighted by Crippen LogP contribution is 2.27. The molecule has 0 radical (unpaired) electrons. The van der Waals surface area contributed by atoms with Crippen molar-refractivity contribution < 1.29 is 9.53 Å². The number of aryl methyl sites for hydroxylation is 1. The maximum atomic E-state index is 12.4. The number of carbonyl (C=O) groups is 1. The minimum absolute atomic E-state index is 0.215. The molecule has 3 rings (SSSR count). The van der Waals surface area contributed by atoms with Crippen LogP contribution in [-0.4, -0.2) is 35.7 Å². The third kappa shape index (κ3) is 6.14. The van der Waals surface area contributed by atoms with Gasteiger partial charge in [0.05, 0.1) is 0 Å². The number of anilines is 1. The van der Waals surface area contributed by atoms with Crippen LogP contribution >= 0.6 is 11.6 Å². The fourth-order valence-corrected chi connectivity index (χ4v) is 3.90. The number of hydrogen-bond donors (Lipinski definition) is 0. The van der Waals surface area contributed by atoms with Gasteiger partial charge in [-0.15, -0.1) is 0 Å². The summed E-state index contributed by atoms with van der Waals surface area (Å²) in [7, 11) is 0. The van der Waals surface area contributed by atoms with Gasteiger partial charge in [0.1, 0.15) is 5.60 Å². The molecule has 29 heavy (non-hydrogen) atoms. The van der Waals surface area contributed by atoms with Gasteiger partial charge in [0, 0.05) is 36.4 Å². The lowest BCUT2D eigenvalue weighted by atomic mass is 10.0. The van der Waals surface area contributed by atoms with Gasteiger partial charge in [0.2, 0.25) is 0 Å². The summed E-state index contributed by atoms with van der Waals surface area (Å²) in [4.78, 5) is 16.7. The van der Waals surface area contributed by atoms with E-state index in [-0.39, 0.29) is 6.09 Å². The number of ether oxygens (including phenoxy) is 1. The Kier molecular flexibility index (Phi) is 6.74. The number of likely N-dealkylation sites (tertiary alicyclic amines) is 1. The molecule has 0 bridgehead atoms. The van der Waals surface area contributed by atoms with Gasteiger partial charge in [0.15, 0.2) is 0 Å². The van der Waals surface area contributed by atoms with Gasteiger partial charge in [-0.3, -0.25) is 0 Å². The number of carbonyl (C=O) groups excluding carboxylic acids is 1. The fraction of sp³-hybridized carbons (Fsp3) is 0.458. The van der Waals surface area contributed by atoms with Gasteiger partial charge in [-0.1, -0.05) is 41.4 Å². The monoisotopic (exact) mass is 414 g/mol. The Labute approximate surface area is 179 Å². The molecule has 1 amide bonds. The molecule has 0 N–H and O–H groups in total. The second kappa shape index (κ2) is 9.08. The van der Waals surface area contributed by atoms with Gasteiger partial charge >= 0.3 is 6.09 Å². The van der Waals surface area contributed by atoms with Crippen molar-refractivity contribution in [1.82, 2.24) is 4.90 Å². The lowest BCUT2D eigenvalue weighted by molar-refractivity contribution is 0.0204. The molecule has 1 aliphatic rings. The zero-order valence-corrected chi connectivity index (χ0v) is 18.6. The largest absolute Gasteiger partial charge is 0.444 e.